The van der Waals surface area contributed by atoms with Crippen LogP contribution in [0, 0.1) is 17.2 Å². The highest BCUT2D eigenvalue weighted by Gasteiger charge is 2.37. The first-order valence-electron chi connectivity index (χ1n) is 8.00. The molecule has 0 amide bonds. The van der Waals surface area contributed by atoms with E-state index in [1.165, 1.54) is 0 Å². The molecule has 2 atom stereocenters. The molecule has 0 unspecified atom stereocenters. The lowest BCUT2D eigenvalue weighted by Gasteiger charge is -2.50. The van der Waals surface area contributed by atoms with Crippen molar-refractivity contribution in [2.45, 2.75) is 26.3 Å². The van der Waals surface area contributed by atoms with Gasteiger partial charge in [-0.05, 0) is 18.9 Å². The number of aromatic nitrogens is 3. The van der Waals surface area contributed by atoms with Crippen molar-refractivity contribution in [3.8, 4) is 6.07 Å². The van der Waals surface area contributed by atoms with Crippen molar-refractivity contribution in [2.75, 3.05) is 24.5 Å². The molecule has 120 valence electrons. The lowest BCUT2D eigenvalue weighted by molar-refractivity contribution is 0.0656. The third-order valence-corrected chi connectivity index (χ3v) is 4.65. The van der Waals surface area contributed by atoms with Crippen LogP contribution in [0.25, 0.3) is 11.0 Å². The molecule has 2 aromatic heterocycles. The summed E-state index contributed by atoms with van der Waals surface area (Å²) in [7, 11) is 0. The topological polar surface area (TPSA) is 71.8 Å². The number of likely N-dealkylation sites (tertiary alicyclic amines) is 1. The van der Waals surface area contributed by atoms with E-state index in [1.807, 2.05) is 12.3 Å². The van der Waals surface area contributed by atoms with Gasteiger partial charge < -0.3 is 14.8 Å². The standard InChI is InChI=1S/C17H22N6/c1-4-22(17-14-6-8-19-16(14)20-11-21-17)10-15-12(2)9-23(15)13(3)5-7-18/h6,8,11-12,15H,3-5,9-10H2,1-2H3,(H,19,20,21)/t12-,15-/m0/s1. The van der Waals surface area contributed by atoms with Crippen LogP contribution >= 0.6 is 0 Å². The van der Waals surface area contributed by atoms with Gasteiger partial charge in [-0.3, -0.25) is 0 Å². The van der Waals surface area contributed by atoms with Crippen LogP contribution in [0.4, 0.5) is 5.82 Å². The van der Waals surface area contributed by atoms with Gasteiger partial charge in [0.1, 0.15) is 17.8 Å². The van der Waals surface area contributed by atoms with Crippen LogP contribution in [0.5, 0.6) is 0 Å². The van der Waals surface area contributed by atoms with Gasteiger partial charge in [-0.1, -0.05) is 13.5 Å². The van der Waals surface area contributed by atoms with Gasteiger partial charge in [-0.2, -0.15) is 5.26 Å². The van der Waals surface area contributed by atoms with Gasteiger partial charge in [0.2, 0.25) is 0 Å². The van der Waals surface area contributed by atoms with Gasteiger partial charge in [-0.25, -0.2) is 9.97 Å². The van der Waals surface area contributed by atoms with E-state index in [1.54, 1.807) is 6.33 Å². The normalized spacial score (nSPS) is 20.1. The molecule has 1 saturated heterocycles. The number of aromatic amines is 1. The Labute approximate surface area is 136 Å². The fraction of sp³-hybridized carbons (Fsp3) is 0.471. The zero-order valence-electron chi connectivity index (χ0n) is 13.7. The van der Waals surface area contributed by atoms with E-state index in [0.717, 1.165) is 42.2 Å². The van der Waals surface area contributed by atoms with Crippen LogP contribution < -0.4 is 4.90 Å². The Bertz CT molecular complexity index is 743. The smallest absolute Gasteiger partial charge is 0.142 e. The number of anilines is 1. The van der Waals surface area contributed by atoms with Crippen LogP contribution in [-0.2, 0) is 0 Å². The van der Waals surface area contributed by atoms with E-state index in [4.69, 9.17) is 5.26 Å². The summed E-state index contributed by atoms with van der Waals surface area (Å²) >= 11 is 0. The van der Waals surface area contributed by atoms with Crippen molar-refractivity contribution in [2.24, 2.45) is 5.92 Å². The Hall–Kier alpha value is -2.55. The molecule has 0 spiro atoms. The number of nitrogens with zero attached hydrogens (tertiary/aromatic N) is 5. The van der Waals surface area contributed by atoms with E-state index >= 15 is 0 Å². The van der Waals surface area contributed by atoms with Gasteiger partial charge in [0.05, 0.1) is 23.9 Å². The molecule has 1 aliphatic heterocycles. The van der Waals surface area contributed by atoms with E-state index in [-0.39, 0.29) is 0 Å². The number of fused-ring (bicyclic) bond motifs is 1. The quantitative estimate of drug-likeness (QED) is 0.887. The Morgan fingerprint density at radius 3 is 3.09 bits per heavy atom. The lowest BCUT2D eigenvalue weighted by Crippen LogP contribution is -2.58. The molecule has 0 aliphatic carbocycles. The van der Waals surface area contributed by atoms with Crippen LogP contribution in [0.1, 0.15) is 20.3 Å². The van der Waals surface area contributed by atoms with Crippen LogP contribution in [-0.4, -0.2) is 45.5 Å². The molecule has 6 nitrogen and oxygen atoms in total. The van der Waals surface area contributed by atoms with E-state index in [0.29, 0.717) is 18.4 Å². The van der Waals surface area contributed by atoms with Gasteiger partial charge in [0.15, 0.2) is 0 Å². The predicted molar refractivity (Wildman–Crippen MR) is 90.8 cm³/mol. The predicted octanol–water partition coefficient (Wildman–Crippen LogP) is 2.53. The molecule has 3 rings (SSSR count). The number of nitriles is 1. The second-order valence-corrected chi connectivity index (χ2v) is 6.07. The first kappa shape index (κ1) is 15.3. The zero-order valence-corrected chi connectivity index (χ0v) is 13.7. The van der Waals surface area contributed by atoms with Crippen molar-refractivity contribution >= 4 is 16.9 Å². The molecule has 0 bridgehead atoms. The number of nitrogens with one attached hydrogen (secondary N) is 1. The van der Waals surface area contributed by atoms with Gasteiger partial charge >= 0.3 is 0 Å². The highest BCUT2D eigenvalue weighted by molar-refractivity contribution is 5.87. The van der Waals surface area contributed by atoms with Crippen molar-refractivity contribution < 1.29 is 0 Å². The van der Waals surface area contributed by atoms with Crippen LogP contribution in [0.3, 0.4) is 0 Å². The monoisotopic (exact) mass is 310 g/mol. The molecule has 1 N–H and O–H groups in total. The summed E-state index contributed by atoms with van der Waals surface area (Å²) in [4.78, 5) is 16.4. The minimum absolute atomic E-state index is 0.375. The Kier molecular flexibility index (Phi) is 4.20. The Morgan fingerprint density at radius 1 is 1.57 bits per heavy atom. The maximum atomic E-state index is 8.89. The Balaban J connectivity index is 1.81. The molecule has 0 radical (unpaired) electrons. The second-order valence-electron chi connectivity index (χ2n) is 6.07. The summed E-state index contributed by atoms with van der Waals surface area (Å²) in [6, 6.07) is 4.58. The first-order chi connectivity index (χ1) is 11.2. The molecule has 1 aliphatic rings. The number of H-pyrrole nitrogens is 1. The molecule has 3 heterocycles. The van der Waals surface area contributed by atoms with E-state index < -0.39 is 0 Å². The summed E-state index contributed by atoms with van der Waals surface area (Å²) in [6.07, 6.45) is 3.89. The second kappa shape index (κ2) is 6.29. The Morgan fingerprint density at radius 2 is 2.39 bits per heavy atom. The van der Waals surface area contributed by atoms with Crippen molar-refractivity contribution in [3.63, 3.8) is 0 Å². The molecule has 6 heteroatoms. The third-order valence-electron chi connectivity index (χ3n) is 4.65. The molecular formula is C17H22N6. The zero-order chi connectivity index (χ0) is 16.4. The summed E-state index contributed by atoms with van der Waals surface area (Å²) in [6.45, 7) is 11.2. The average molecular weight is 310 g/mol. The van der Waals surface area contributed by atoms with Crippen molar-refractivity contribution in [3.05, 3.63) is 30.9 Å². The van der Waals surface area contributed by atoms with Gasteiger partial charge in [0.25, 0.3) is 0 Å². The van der Waals surface area contributed by atoms with Crippen LogP contribution in [0.2, 0.25) is 0 Å². The molecule has 2 aromatic rings. The van der Waals surface area contributed by atoms with Gasteiger partial charge in [0, 0.05) is 31.5 Å². The maximum Gasteiger partial charge on any atom is 0.142 e. The third kappa shape index (κ3) is 2.74. The summed E-state index contributed by atoms with van der Waals surface area (Å²) in [5, 5.41) is 9.93. The maximum absolute atomic E-state index is 8.89. The highest BCUT2D eigenvalue weighted by atomic mass is 15.3. The molecule has 23 heavy (non-hydrogen) atoms. The molecular weight excluding hydrogens is 288 g/mol. The number of likely N-dealkylation sites (N-methyl/N-ethyl adjacent to an activating group) is 1. The van der Waals surface area contributed by atoms with Gasteiger partial charge in [-0.15, -0.1) is 0 Å². The fourth-order valence-corrected chi connectivity index (χ4v) is 3.27. The van der Waals surface area contributed by atoms with Crippen molar-refractivity contribution in [1.29, 1.82) is 5.26 Å². The highest BCUT2D eigenvalue weighted by Crippen LogP contribution is 2.31. The fourth-order valence-electron chi connectivity index (χ4n) is 3.27. The lowest BCUT2D eigenvalue weighted by atomic mass is 9.88. The summed E-state index contributed by atoms with van der Waals surface area (Å²) < 4.78 is 0. The number of rotatable bonds is 6. The minimum atomic E-state index is 0.375. The molecule has 0 saturated carbocycles. The molecule has 1 fully saturated rings. The number of hydrogen-bond donors (Lipinski definition) is 1. The summed E-state index contributed by atoms with van der Waals surface area (Å²) in [5.41, 5.74) is 1.78. The summed E-state index contributed by atoms with van der Waals surface area (Å²) in [5.74, 6) is 1.55. The SMILES string of the molecule is C=C(CC#N)N1C[C@H](C)[C@@H]1CN(CC)c1ncnc2[nH]ccc12. The number of hydrogen-bond acceptors (Lipinski definition) is 5. The average Bonchev–Trinajstić information content (AvgIpc) is 3.02. The van der Waals surface area contributed by atoms with Crippen LogP contribution in [0.15, 0.2) is 30.9 Å². The van der Waals surface area contributed by atoms with Crippen molar-refractivity contribution in [1.82, 2.24) is 19.9 Å². The van der Waals surface area contributed by atoms with E-state index in [2.05, 4.69) is 51.2 Å². The van der Waals surface area contributed by atoms with E-state index in [9.17, 15) is 0 Å². The largest absolute Gasteiger partial charge is 0.369 e. The first-order valence-corrected chi connectivity index (χ1v) is 8.00. The number of allylic oxidation sites excluding steroid dienone is 1. The minimum Gasteiger partial charge on any atom is -0.369 e. The molecule has 0 aromatic carbocycles.